The topological polar surface area (TPSA) is 33.4 Å². The van der Waals surface area contributed by atoms with Crippen molar-refractivity contribution in [1.29, 1.82) is 0 Å². The summed E-state index contributed by atoms with van der Waals surface area (Å²) in [5.74, 6) is 2.55. The van der Waals surface area contributed by atoms with Crippen LogP contribution in [0.5, 0.6) is 0 Å². The number of hydrogen-bond donors (Lipinski definition) is 0. The maximum atomic E-state index is 6.17. The van der Waals surface area contributed by atoms with Gasteiger partial charge in [-0.3, -0.25) is 0 Å². The van der Waals surface area contributed by atoms with E-state index in [2.05, 4.69) is 38.7 Å². The molecular weight excluding hydrogens is 344 g/mol. The summed E-state index contributed by atoms with van der Waals surface area (Å²) in [5, 5.41) is 5.63. The molecule has 4 rings (SSSR count). The Labute approximate surface area is 159 Å². The van der Waals surface area contributed by atoms with E-state index in [0.29, 0.717) is 11.8 Å². The summed E-state index contributed by atoms with van der Waals surface area (Å²) in [6.45, 7) is 11.0. The summed E-state index contributed by atoms with van der Waals surface area (Å²) in [5.41, 5.74) is 5.09. The van der Waals surface area contributed by atoms with Crippen LogP contribution in [0.2, 0.25) is 5.02 Å². The lowest BCUT2D eigenvalue weighted by Crippen LogP contribution is -2.40. The first-order valence-corrected chi connectivity index (χ1v) is 9.68. The molecular formula is C21H25ClN4. The highest BCUT2D eigenvalue weighted by molar-refractivity contribution is 6.30. The average Bonchev–Trinajstić information content (AvgIpc) is 2.98. The van der Waals surface area contributed by atoms with Gasteiger partial charge in [0, 0.05) is 41.0 Å². The molecule has 0 spiro atoms. The lowest BCUT2D eigenvalue weighted by atomic mass is 9.91. The van der Waals surface area contributed by atoms with E-state index < -0.39 is 0 Å². The third kappa shape index (κ3) is 3.07. The fourth-order valence-corrected chi connectivity index (χ4v) is 4.37. The van der Waals surface area contributed by atoms with Crippen molar-refractivity contribution in [3.8, 4) is 11.3 Å². The molecule has 1 saturated heterocycles. The van der Waals surface area contributed by atoms with Gasteiger partial charge in [-0.05, 0) is 44.2 Å². The molecule has 0 saturated carbocycles. The number of benzene rings is 1. The SMILES string of the molecule is Cc1nc2cc(-c3cccc(Cl)c3)nn2c(N2C[C@@H](C)C[C@H](C)C2)c1C. The number of anilines is 1. The van der Waals surface area contributed by atoms with Crippen LogP contribution >= 0.6 is 11.6 Å². The summed E-state index contributed by atoms with van der Waals surface area (Å²) >= 11 is 6.17. The van der Waals surface area contributed by atoms with E-state index in [1.165, 1.54) is 17.8 Å². The minimum atomic E-state index is 0.685. The Bertz CT molecular complexity index is 952. The largest absolute Gasteiger partial charge is 0.356 e. The van der Waals surface area contributed by atoms with Crippen LogP contribution < -0.4 is 4.90 Å². The van der Waals surface area contributed by atoms with E-state index in [0.717, 1.165) is 40.7 Å². The molecule has 26 heavy (non-hydrogen) atoms. The van der Waals surface area contributed by atoms with E-state index in [9.17, 15) is 0 Å². The molecule has 1 aliphatic rings. The highest BCUT2D eigenvalue weighted by Gasteiger charge is 2.26. The summed E-state index contributed by atoms with van der Waals surface area (Å²) < 4.78 is 2.02. The Morgan fingerprint density at radius 1 is 1.08 bits per heavy atom. The minimum absolute atomic E-state index is 0.685. The zero-order chi connectivity index (χ0) is 18.4. The van der Waals surface area contributed by atoms with Crippen LogP contribution in [-0.4, -0.2) is 27.7 Å². The van der Waals surface area contributed by atoms with Crippen molar-refractivity contribution in [2.75, 3.05) is 18.0 Å². The molecule has 4 nitrogen and oxygen atoms in total. The molecule has 1 aliphatic heterocycles. The fraction of sp³-hybridized carbons (Fsp3) is 0.429. The molecule has 0 bridgehead atoms. The van der Waals surface area contributed by atoms with Gasteiger partial charge in [-0.2, -0.15) is 9.61 Å². The lowest BCUT2D eigenvalue weighted by Gasteiger charge is -2.37. The standard InChI is InChI=1S/C21H25ClN4/c1-13-8-14(2)12-25(11-13)21-15(3)16(4)23-20-10-19(24-26(20)21)17-6-5-7-18(22)9-17/h5-7,9-10,13-14H,8,11-12H2,1-4H3/t13-,14-/m0/s1. The van der Waals surface area contributed by atoms with Crippen LogP contribution in [0.3, 0.4) is 0 Å². The first kappa shape index (κ1) is 17.3. The number of aromatic nitrogens is 3. The Hall–Kier alpha value is -2.07. The van der Waals surface area contributed by atoms with E-state index in [1.54, 1.807) is 0 Å². The van der Waals surface area contributed by atoms with Crippen LogP contribution in [0, 0.1) is 25.7 Å². The van der Waals surface area contributed by atoms with Gasteiger partial charge in [0.05, 0.1) is 5.69 Å². The van der Waals surface area contributed by atoms with E-state index >= 15 is 0 Å². The predicted octanol–water partition coefficient (Wildman–Crippen LogP) is 5.15. The third-order valence-corrected chi connectivity index (χ3v) is 5.58. The molecule has 1 fully saturated rings. The van der Waals surface area contributed by atoms with Crippen molar-refractivity contribution in [2.45, 2.75) is 34.1 Å². The maximum Gasteiger partial charge on any atom is 0.158 e. The Morgan fingerprint density at radius 3 is 2.50 bits per heavy atom. The van der Waals surface area contributed by atoms with Gasteiger partial charge in [0.1, 0.15) is 5.82 Å². The number of piperidine rings is 1. The molecule has 0 unspecified atom stereocenters. The van der Waals surface area contributed by atoms with Gasteiger partial charge in [0.25, 0.3) is 0 Å². The van der Waals surface area contributed by atoms with Gasteiger partial charge in [-0.1, -0.05) is 37.6 Å². The molecule has 0 radical (unpaired) electrons. The van der Waals surface area contributed by atoms with Crippen LogP contribution in [-0.2, 0) is 0 Å². The number of halogens is 1. The van der Waals surface area contributed by atoms with Crippen LogP contribution in [0.4, 0.5) is 5.82 Å². The first-order valence-electron chi connectivity index (χ1n) is 9.30. The van der Waals surface area contributed by atoms with Gasteiger partial charge in [-0.25, -0.2) is 4.98 Å². The molecule has 3 heterocycles. The fourth-order valence-electron chi connectivity index (χ4n) is 4.18. The number of aryl methyl sites for hydroxylation is 1. The molecule has 0 amide bonds. The lowest BCUT2D eigenvalue weighted by molar-refractivity contribution is 0.354. The van der Waals surface area contributed by atoms with E-state index in [-0.39, 0.29) is 0 Å². The minimum Gasteiger partial charge on any atom is -0.356 e. The second kappa shape index (κ2) is 6.58. The van der Waals surface area contributed by atoms with Crippen LogP contribution in [0.1, 0.15) is 31.5 Å². The van der Waals surface area contributed by atoms with Crippen molar-refractivity contribution in [3.05, 3.63) is 46.6 Å². The second-order valence-corrected chi connectivity index (χ2v) is 8.24. The van der Waals surface area contributed by atoms with Crippen molar-refractivity contribution in [2.24, 2.45) is 11.8 Å². The van der Waals surface area contributed by atoms with Crippen molar-refractivity contribution >= 4 is 23.1 Å². The second-order valence-electron chi connectivity index (χ2n) is 7.81. The molecule has 2 atom stereocenters. The van der Waals surface area contributed by atoms with Gasteiger partial charge >= 0.3 is 0 Å². The Balaban J connectivity index is 1.87. The third-order valence-electron chi connectivity index (χ3n) is 5.34. The molecule has 1 aromatic carbocycles. The maximum absolute atomic E-state index is 6.17. The normalized spacial score (nSPS) is 20.7. The molecule has 0 N–H and O–H groups in total. The summed E-state index contributed by atoms with van der Waals surface area (Å²) in [6, 6.07) is 9.89. The number of nitrogens with zero attached hydrogens (tertiary/aromatic N) is 4. The van der Waals surface area contributed by atoms with Crippen molar-refractivity contribution in [1.82, 2.24) is 14.6 Å². The van der Waals surface area contributed by atoms with Gasteiger partial charge in [0.15, 0.2) is 5.65 Å². The van der Waals surface area contributed by atoms with Crippen molar-refractivity contribution < 1.29 is 0 Å². The smallest absolute Gasteiger partial charge is 0.158 e. The Kier molecular flexibility index (Phi) is 4.39. The zero-order valence-electron chi connectivity index (χ0n) is 15.8. The molecule has 136 valence electrons. The van der Waals surface area contributed by atoms with Gasteiger partial charge in [0.2, 0.25) is 0 Å². The first-order chi connectivity index (χ1) is 12.4. The van der Waals surface area contributed by atoms with Gasteiger partial charge in [-0.15, -0.1) is 0 Å². The Morgan fingerprint density at radius 2 is 1.81 bits per heavy atom. The highest BCUT2D eigenvalue weighted by Crippen LogP contribution is 2.31. The number of hydrogen-bond acceptors (Lipinski definition) is 3. The number of rotatable bonds is 2. The van der Waals surface area contributed by atoms with E-state index in [1.807, 2.05) is 28.8 Å². The summed E-state index contributed by atoms with van der Waals surface area (Å²) in [4.78, 5) is 7.27. The quantitative estimate of drug-likeness (QED) is 0.627. The molecule has 5 heteroatoms. The van der Waals surface area contributed by atoms with Gasteiger partial charge < -0.3 is 4.90 Å². The van der Waals surface area contributed by atoms with Crippen LogP contribution in [0.25, 0.3) is 16.9 Å². The molecule has 2 aromatic heterocycles. The summed E-state index contributed by atoms with van der Waals surface area (Å²) in [6.07, 6.45) is 1.29. The highest BCUT2D eigenvalue weighted by atomic mass is 35.5. The van der Waals surface area contributed by atoms with Crippen LogP contribution in [0.15, 0.2) is 30.3 Å². The molecule has 0 aliphatic carbocycles. The van der Waals surface area contributed by atoms with Crippen molar-refractivity contribution in [3.63, 3.8) is 0 Å². The molecule has 3 aromatic rings. The monoisotopic (exact) mass is 368 g/mol. The predicted molar refractivity (Wildman–Crippen MR) is 108 cm³/mol. The summed E-state index contributed by atoms with van der Waals surface area (Å²) in [7, 11) is 0. The number of fused-ring (bicyclic) bond motifs is 1. The van der Waals surface area contributed by atoms with E-state index in [4.69, 9.17) is 21.7 Å². The average molecular weight is 369 g/mol. The zero-order valence-corrected chi connectivity index (χ0v) is 16.6.